The molecule has 37 heavy (non-hydrogen) atoms. The smallest absolute Gasteiger partial charge is 0.308 e. The summed E-state index contributed by atoms with van der Waals surface area (Å²) in [6.07, 6.45) is -5.55. The minimum Gasteiger partial charge on any atom is -0.496 e. The van der Waals surface area contributed by atoms with Crippen molar-refractivity contribution >= 4 is 23.9 Å². The summed E-state index contributed by atoms with van der Waals surface area (Å²) in [6.45, 7) is 6.44. The van der Waals surface area contributed by atoms with E-state index < -0.39 is 54.4 Å². The minimum absolute atomic E-state index is 0.103. The van der Waals surface area contributed by atoms with E-state index in [1.165, 1.54) is 34.8 Å². The average Bonchev–Trinajstić information content (AvgIpc) is 2.82. The molecule has 0 aromatic heterocycles. The molecule has 0 spiro atoms. The van der Waals surface area contributed by atoms with Crippen LogP contribution >= 0.6 is 0 Å². The highest BCUT2D eigenvalue weighted by Gasteiger charge is 2.52. The molecule has 0 bridgehead atoms. The molecule has 1 aliphatic rings. The lowest BCUT2D eigenvalue weighted by molar-refractivity contribution is -0.245. The number of hydrogen-bond acceptors (Lipinski definition) is 10. The van der Waals surface area contributed by atoms with Crippen LogP contribution in [-0.2, 0) is 38.1 Å². The van der Waals surface area contributed by atoms with Crippen molar-refractivity contribution in [2.75, 3.05) is 7.11 Å². The number of hydrogen-bond donors (Lipinski definition) is 0. The van der Waals surface area contributed by atoms with Gasteiger partial charge in [0, 0.05) is 33.3 Å². The Labute approximate surface area is 214 Å². The van der Waals surface area contributed by atoms with Crippen LogP contribution in [0.1, 0.15) is 46.3 Å². The topological polar surface area (TPSA) is 124 Å². The van der Waals surface area contributed by atoms with Crippen LogP contribution in [0, 0.1) is 0 Å². The Morgan fingerprint density at radius 1 is 0.730 bits per heavy atom. The Bertz CT molecular complexity index is 1160. The van der Waals surface area contributed by atoms with Crippen LogP contribution in [0.5, 0.6) is 11.5 Å². The van der Waals surface area contributed by atoms with Gasteiger partial charge >= 0.3 is 23.9 Å². The lowest BCUT2D eigenvalue weighted by atomic mass is 9.88. The Morgan fingerprint density at radius 2 is 1.30 bits per heavy atom. The summed E-state index contributed by atoms with van der Waals surface area (Å²) in [5.41, 5.74) is 1.71. The second-order valence-electron chi connectivity index (χ2n) is 8.50. The molecule has 5 atom stereocenters. The molecule has 0 aliphatic carbocycles. The third-order valence-electron chi connectivity index (χ3n) is 5.66. The van der Waals surface area contributed by atoms with Crippen molar-refractivity contribution in [3.05, 3.63) is 48.0 Å². The molecule has 0 radical (unpaired) electrons. The van der Waals surface area contributed by atoms with Gasteiger partial charge in [-0.15, -0.1) is 0 Å². The van der Waals surface area contributed by atoms with E-state index in [2.05, 4.69) is 0 Å². The van der Waals surface area contributed by atoms with E-state index >= 15 is 0 Å². The largest absolute Gasteiger partial charge is 0.496 e. The summed E-state index contributed by atoms with van der Waals surface area (Å²) >= 11 is 0. The molecule has 3 rings (SSSR count). The van der Waals surface area contributed by atoms with Crippen LogP contribution in [0.15, 0.2) is 42.5 Å². The zero-order valence-electron chi connectivity index (χ0n) is 21.5. The number of methoxy groups -OCH3 is 1. The predicted molar refractivity (Wildman–Crippen MR) is 130 cm³/mol. The van der Waals surface area contributed by atoms with Crippen LogP contribution in [0.3, 0.4) is 0 Å². The van der Waals surface area contributed by atoms with Crippen LogP contribution in [0.4, 0.5) is 0 Å². The molecule has 0 N–H and O–H groups in total. The van der Waals surface area contributed by atoms with Gasteiger partial charge < -0.3 is 28.4 Å². The fourth-order valence-electron chi connectivity index (χ4n) is 4.41. The molecule has 0 amide bonds. The average molecular weight is 515 g/mol. The van der Waals surface area contributed by atoms with E-state index in [4.69, 9.17) is 28.4 Å². The summed E-state index contributed by atoms with van der Waals surface area (Å²) in [6, 6.07) is 12.6. The van der Waals surface area contributed by atoms with Crippen molar-refractivity contribution in [1.29, 1.82) is 0 Å². The highest BCUT2D eigenvalue weighted by Crippen LogP contribution is 2.48. The van der Waals surface area contributed by atoms with E-state index in [0.717, 1.165) is 5.56 Å². The first-order valence-corrected chi connectivity index (χ1v) is 11.6. The number of ether oxygens (including phenoxy) is 6. The molecular formula is C27H30O10. The molecule has 1 fully saturated rings. The third kappa shape index (κ3) is 6.45. The standard InChI is InChI=1S/C27H30O10/c1-14-23(35-16(3)29)26(36-17(4)30)27(37-18(5)31)25(33-14)22-21(34-15(2)28)13-12-20(24(22)32-6)19-10-8-7-9-11-19/h7-14,23,25-27H,1-6H3/t14-,23+,25?,26+,27+/m0/s1. The van der Waals surface area contributed by atoms with Gasteiger partial charge in [0.05, 0.1) is 18.8 Å². The first-order chi connectivity index (χ1) is 17.5. The second kappa shape index (κ2) is 11.9. The van der Waals surface area contributed by atoms with Gasteiger partial charge in [0.1, 0.15) is 17.6 Å². The lowest BCUT2D eigenvalue weighted by Crippen LogP contribution is -2.57. The van der Waals surface area contributed by atoms with Crippen molar-refractivity contribution < 1.29 is 47.6 Å². The molecule has 198 valence electrons. The lowest BCUT2D eigenvalue weighted by Gasteiger charge is -2.44. The van der Waals surface area contributed by atoms with Crippen molar-refractivity contribution in [2.45, 2.75) is 65.1 Å². The highest BCUT2D eigenvalue weighted by molar-refractivity contribution is 5.77. The van der Waals surface area contributed by atoms with Gasteiger partial charge in [0.15, 0.2) is 18.3 Å². The van der Waals surface area contributed by atoms with Gasteiger partial charge in [-0.25, -0.2) is 0 Å². The van der Waals surface area contributed by atoms with Crippen LogP contribution in [-0.4, -0.2) is 55.4 Å². The van der Waals surface area contributed by atoms with Gasteiger partial charge in [-0.1, -0.05) is 30.3 Å². The van der Waals surface area contributed by atoms with Crippen molar-refractivity contribution in [3.8, 4) is 22.6 Å². The molecule has 1 saturated heterocycles. The number of carbonyl (C=O) groups is 4. The zero-order chi connectivity index (χ0) is 27.3. The van der Waals surface area contributed by atoms with Crippen LogP contribution < -0.4 is 9.47 Å². The maximum absolute atomic E-state index is 12.2. The molecule has 2 aromatic carbocycles. The SMILES string of the molecule is COc1c(-c2ccccc2)ccc(OC(C)=O)c1C1O[C@@H](C)[C@@H](OC(C)=O)[C@@H](OC(C)=O)[C@@H]1OC(C)=O. The van der Waals surface area contributed by atoms with Gasteiger partial charge in [0.25, 0.3) is 0 Å². The van der Waals surface area contributed by atoms with Crippen molar-refractivity contribution in [2.24, 2.45) is 0 Å². The molecule has 10 nitrogen and oxygen atoms in total. The molecular weight excluding hydrogens is 484 g/mol. The second-order valence-corrected chi connectivity index (χ2v) is 8.50. The van der Waals surface area contributed by atoms with Gasteiger partial charge in [-0.2, -0.15) is 0 Å². The summed E-state index contributed by atoms with van der Waals surface area (Å²) < 4.78 is 34.1. The third-order valence-corrected chi connectivity index (χ3v) is 5.66. The number of benzene rings is 2. The van der Waals surface area contributed by atoms with Gasteiger partial charge in [-0.05, 0) is 24.6 Å². The molecule has 10 heteroatoms. The normalized spacial score (nSPS) is 22.9. The number of esters is 4. The minimum atomic E-state index is -1.28. The van der Waals surface area contributed by atoms with Crippen molar-refractivity contribution in [1.82, 2.24) is 0 Å². The Hall–Kier alpha value is -3.92. The summed E-state index contributed by atoms with van der Waals surface area (Å²) in [5.74, 6) is -2.21. The molecule has 2 aromatic rings. The molecule has 1 heterocycles. The predicted octanol–water partition coefficient (Wildman–Crippen LogP) is 3.54. The maximum atomic E-state index is 12.2. The fraction of sp³-hybridized carbons (Fsp3) is 0.407. The van der Waals surface area contributed by atoms with E-state index in [0.29, 0.717) is 11.3 Å². The molecule has 1 unspecified atom stereocenters. The zero-order valence-corrected chi connectivity index (χ0v) is 21.5. The first kappa shape index (κ1) is 27.7. The van der Waals surface area contributed by atoms with Crippen LogP contribution in [0.25, 0.3) is 11.1 Å². The van der Waals surface area contributed by atoms with E-state index in [1.54, 1.807) is 19.1 Å². The van der Waals surface area contributed by atoms with E-state index in [9.17, 15) is 19.2 Å². The molecule has 1 aliphatic heterocycles. The summed E-state index contributed by atoms with van der Waals surface area (Å²) in [4.78, 5) is 48.1. The monoisotopic (exact) mass is 514 g/mol. The Balaban J connectivity index is 2.27. The van der Waals surface area contributed by atoms with Gasteiger partial charge in [0.2, 0.25) is 0 Å². The molecule has 0 saturated carbocycles. The Morgan fingerprint density at radius 3 is 1.84 bits per heavy atom. The quantitative estimate of drug-likeness (QED) is 0.308. The summed E-state index contributed by atoms with van der Waals surface area (Å²) in [7, 11) is 1.45. The summed E-state index contributed by atoms with van der Waals surface area (Å²) in [5, 5.41) is 0. The van der Waals surface area contributed by atoms with Gasteiger partial charge in [-0.3, -0.25) is 19.2 Å². The Kier molecular flexibility index (Phi) is 8.88. The fourth-order valence-corrected chi connectivity index (χ4v) is 4.41. The van der Waals surface area contributed by atoms with Crippen LogP contribution in [0.2, 0.25) is 0 Å². The maximum Gasteiger partial charge on any atom is 0.308 e. The first-order valence-electron chi connectivity index (χ1n) is 11.6. The van der Waals surface area contributed by atoms with E-state index in [-0.39, 0.29) is 11.3 Å². The van der Waals surface area contributed by atoms with Crippen molar-refractivity contribution in [3.63, 3.8) is 0 Å². The number of rotatable bonds is 7. The van der Waals surface area contributed by atoms with E-state index in [1.807, 2.05) is 30.3 Å². The highest BCUT2D eigenvalue weighted by atomic mass is 16.6. The number of carbonyl (C=O) groups excluding carboxylic acids is 4.